The number of nitrogens with one attached hydrogen (secondary N) is 2. The Bertz CT molecular complexity index is 867. The van der Waals surface area contributed by atoms with E-state index in [4.69, 9.17) is 23.2 Å². The summed E-state index contributed by atoms with van der Waals surface area (Å²) in [5.41, 5.74) is 1.83. The number of hydrogen-bond donors (Lipinski definition) is 2. The van der Waals surface area contributed by atoms with Gasteiger partial charge in [-0.2, -0.15) is 0 Å². The number of aromatic nitrogens is 2. The van der Waals surface area contributed by atoms with Crippen molar-refractivity contribution in [2.45, 2.75) is 6.54 Å². The standard InChI is InChI=1S/C18H14Cl2N4O/c19-13-8-14(20)10-15(9-13)23-17(25)16-6-7-21-18(24-16)22-11-12-4-2-1-3-5-12/h1-10H,11H2,(H,23,25)(H,21,22,24). The smallest absolute Gasteiger partial charge is 0.274 e. The summed E-state index contributed by atoms with van der Waals surface area (Å²) >= 11 is 11.9. The summed E-state index contributed by atoms with van der Waals surface area (Å²) in [6.45, 7) is 0.565. The zero-order valence-electron chi connectivity index (χ0n) is 13.0. The van der Waals surface area contributed by atoms with Gasteiger partial charge in [-0.05, 0) is 29.8 Å². The first-order valence-electron chi connectivity index (χ1n) is 7.48. The van der Waals surface area contributed by atoms with Crippen LogP contribution < -0.4 is 10.6 Å². The summed E-state index contributed by atoms with van der Waals surface area (Å²) < 4.78 is 0. The van der Waals surface area contributed by atoms with Gasteiger partial charge in [0, 0.05) is 28.5 Å². The summed E-state index contributed by atoms with van der Waals surface area (Å²) in [5, 5.41) is 6.69. The molecule has 0 aliphatic carbocycles. The highest BCUT2D eigenvalue weighted by molar-refractivity contribution is 6.35. The number of carbonyl (C=O) groups is 1. The fraction of sp³-hybridized carbons (Fsp3) is 0.0556. The van der Waals surface area contributed by atoms with Crippen molar-refractivity contribution in [1.82, 2.24) is 9.97 Å². The van der Waals surface area contributed by atoms with E-state index in [0.29, 0.717) is 28.2 Å². The lowest BCUT2D eigenvalue weighted by molar-refractivity contribution is 0.102. The van der Waals surface area contributed by atoms with Crippen LogP contribution in [0.25, 0.3) is 0 Å². The molecule has 0 radical (unpaired) electrons. The maximum absolute atomic E-state index is 12.3. The molecule has 0 saturated heterocycles. The first kappa shape index (κ1) is 17.2. The third-order valence-corrected chi connectivity index (χ3v) is 3.74. The van der Waals surface area contributed by atoms with Crippen LogP contribution in [0.15, 0.2) is 60.8 Å². The zero-order valence-corrected chi connectivity index (χ0v) is 14.6. The zero-order chi connectivity index (χ0) is 17.6. The minimum Gasteiger partial charge on any atom is -0.350 e. The van der Waals surface area contributed by atoms with E-state index in [1.165, 1.54) is 12.3 Å². The van der Waals surface area contributed by atoms with Gasteiger partial charge in [0.1, 0.15) is 5.69 Å². The summed E-state index contributed by atoms with van der Waals surface area (Å²) in [5.74, 6) is 0.00382. The van der Waals surface area contributed by atoms with Gasteiger partial charge >= 0.3 is 0 Å². The number of benzene rings is 2. The molecule has 2 N–H and O–H groups in total. The Morgan fingerprint density at radius 2 is 1.72 bits per heavy atom. The predicted octanol–water partition coefficient (Wildman–Crippen LogP) is 4.65. The Balaban J connectivity index is 1.68. The molecule has 7 heteroatoms. The maximum Gasteiger partial charge on any atom is 0.274 e. The van der Waals surface area contributed by atoms with Crippen LogP contribution in [0.3, 0.4) is 0 Å². The average molecular weight is 373 g/mol. The van der Waals surface area contributed by atoms with E-state index in [1.807, 2.05) is 30.3 Å². The monoisotopic (exact) mass is 372 g/mol. The lowest BCUT2D eigenvalue weighted by atomic mass is 10.2. The van der Waals surface area contributed by atoms with Crippen molar-refractivity contribution in [2.24, 2.45) is 0 Å². The number of rotatable bonds is 5. The molecule has 0 aliphatic rings. The minimum absolute atomic E-state index is 0.238. The SMILES string of the molecule is O=C(Nc1cc(Cl)cc(Cl)c1)c1ccnc(NCc2ccccc2)n1. The Kier molecular flexibility index (Phi) is 5.48. The molecule has 2 aromatic carbocycles. The highest BCUT2D eigenvalue weighted by atomic mass is 35.5. The Labute approximate surface area is 155 Å². The van der Waals surface area contributed by atoms with Crippen molar-refractivity contribution in [3.8, 4) is 0 Å². The molecular weight excluding hydrogens is 359 g/mol. The van der Waals surface area contributed by atoms with Gasteiger partial charge in [-0.25, -0.2) is 9.97 Å². The second-order valence-electron chi connectivity index (χ2n) is 5.22. The first-order valence-corrected chi connectivity index (χ1v) is 8.24. The predicted molar refractivity (Wildman–Crippen MR) is 100 cm³/mol. The second-order valence-corrected chi connectivity index (χ2v) is 6.09. The van der Waals surface area contributed by atoms with Gasteiger partial charge in [-0.1, -0.05) is 53.5 Å². The molecule has 0 bridgehead atoms. The molecule has 0 atom stereocenters. The number of amides is 1. The highest BCUT2D eigenvalue weighted by Crippen LogP contribution is 2.22. The van der Waals surface area contributed by atoms with Gasteiger partial charge in [0.05, 0.1) is 0 Å². The fourth-order valence-electron chi connectivity index (χ4n) is 2.17. The van der Waals surface area contributed by atoms with Gasteiger partial charge in [-0.15, -0.1) is 0 Å². The van der Waals surface area contributed by atoms with E-state index in [9.17, 15) is 4.79 Å². The molecule has 0 fully saturated rings. The molecule has 0 spiro atoms. The van der Waals surface area contributed by atoms with Gasteiger partial charge in [-0.3, -0.25) is 4.79 Å². The molecule has 126 valence electrons. The second kappa shape index (κ2) is 7.96. The first-order chi connectivity index (χ1) is 12.1. The molecule has 0 aliphatic heterocycles. The van der Waals surface area contributed by atoms with E-state index in [0.717, 1.165) is 5.56 Å². The van der Waals surface area contributed by atoms with Crippen molar-refractivity contribution in [3.63, 3.8) is 0 Å². The van der Waals surface area contributed by atoms with Gasteiger partial charge in [0.25, 0.3) is 5.91 Å². The normalized spacial score (nSPS) is 10.3. The summed E-state index contributed by atoms with van der Waals surface area (Å²) in [6, 6.07) is 16.2. The van der Waals surface area contributed by atoms with Gasteiger partial charge < -0.3 is 10.6 Å². The van der Waals surface area contributed by atoms with Crippen LogP contribution in [0, 0.1) is 0 Å². The quantitative estimate of drug-likeness (QED) is 0.683. The maximum atomic E-state index is 12.3. The molecule has 1 aromatic heterocycles. The van der Waals surface area contributed by atoms with E-state index in [2.05, 4.69) is 20.6 Å². The van der Waals surface area contributed by atoms with Gasteiger partial charge in [0.2, 0.25) is 5.95 Å². The summed E-state index contributed by atoms with van der Waals surface area (Å²) in [6.07, 6.45) is 1.53. The van der Waals surface area contributed by atoms with Crippen molar-refractivity contribution < 1.29 is 4.79 Å². The minimum atomic E-state index is -0.372. The van der Waals surface area contributed by atoms with Crippen molar-refractivity contribution in [3.05, 3.63) is 82.1 Å². The Morgan fingerprint density at radius 1 is 1.00 bits per heavy atom. The molecule has 3 aromatic rings. The number of nitrogens with zero attached hydrogens (tertiary/aromatic N) is 2. The van der Waals surface area contributed by atoms with Crippen LogP contribution >= 0.6 is 23.2 Å². The van der Waals surface area contributed by atoms with Crippen molar-refractivity contribution in [2.75, 3.05) is 10.6 Å². The Morgan fingerprint density at radius 3 is 2.44 bits per heavy atom. The number of halogens is 2. The van der Waals surface area contributed by atoms with E-state index < -0.39 is 0 Å². The third kappa shape index (κ3) is 4.92. The van der Waals surface area contributed by atoms with Crippen molar-refractivity contribution in [1.29, 1.82) is 0 Å². The Hall–Kier alpha value is -2.63. The molecule has 5 nitrogen and oxygen atoms in total. The van der Waals surface area contributed by atoms with Gasteiger partial charge in [0.15, 0.2) is 0 Å². The highest BCUT2D eigenvalue weighted by Gasteiger charge is 2.10. The summed E-state index contributed by atoms with van der Waals surface area (Å²) in [4.78, 5) is 20.7. The van der Waals surface area contributed by atoms with Crippen LogP contribution in [0.2, 0.25) is 10.0 Å². The molecule has 3 rings (SSSR count). The van der Waals surface area contributed by atoms with Crippen LogP contribution in [0.4, 0.5) is 11.6 Å². The summed E-state index contributed by atoms with van der Waals surface area (Å²) in [7, 11) is 0. The van der Waals surface area contributed by atoms with Crippen LogP contribution in [0.5, 0.6) is 0 Å². The van der Waals surface area contributed by atoms with Crippen LogP contribution in [-0.4, -0.2) is 15.9 Å². The van der Waals surface area contributed by atoms with E-state index in [1.54, 1.807) is 18.2 Å². The lowest BCUT2D eigenvalue weighted by Gasteiger charge is -2.08. The van der Waals surface area contributed by atoms with Crippen molar-refractivity contribution >= 4 is 40.7 Å². The number of anilines is 2. The van der Waals surface area contributed by atoms with Crippen LogP contribution in [-0.2, 0) is 6.54 Å². The molecule has 1 amide bonds. The molecule has 25 heavy (non-hydrogen) atoms. The molecule has 1 heterocycles. The number of carbonyl (C=O) groups excluding carboxylic acids is 1. The largest absolute Gasteiger partial charge is 0.350 e. The van der Waals surface area contributed by atoms with E-state index in [-0.39, 0.29) is 11.6 Å². The average Bonchev–Trinajstić information content (AvgIpc) is 2.60. The topological polar surface area (TPSA) is 66.9 Å². The number of hydrogen-bond acceptors (Lipinski definition) is 4. The fourth-order valence-corrected chi connectivity index (χ4v) is 2.69. The van der Waals surface area contributed by atoms with E-state index >= 15 is 0 Å². The third-order valence-electron chi connectivity index (χ3n) is 3.30. The lowest BCUT2D eigenvalue weighted by Crippen LogP contribution is -2.15. The molecule has 0 unspecified atom stereocenters. The molecular formula is C18H14Cl2N4O. The van der Waals surface area contributed by atoms with Crippen LogP contribution in [0.1, 0.15) is 16.1 Å². The molecule has 0 saturated carbocycles.